The summed E-state index contributed by atoms with van der Waals surface area (Å²) in [6, 6.07) is 11.8. The van der Waals surface area contributed by atoms with Gasteiger partial charge < -0.3 is 4.57 Å². The summed E-state index contributed by atoms with van der Waals surface area (Å²) in [5.41, 5.74) is 1.96. The molecule has 2 fully saturated rings. The molecule has 0 unspecified atom stereocenters. The van der Waals surface area contributed by atoms with E-state index >= 15 is 0 Å². The Bertz CT molecular complexity index is 1190. The molecule has 1 N–H and O–H groups in total. The van der Waals surface area contributed by atoms with Gasteiger partial charge in [0.25, 0.3) is 10.0 Å². The van der Waals surface area contributed by atoms with E-state index in [1.807, 2.05) is 18.2 Å². The molecule has 1 amide bonds. The van der Waals surface area contributed by atoms with E-state index in [1.54, 1.807) is 17.5 Å². The lowest BCUT2D eigenvalue weighted by Gasteiger charge is -2.30. The van der Waals surface area contributed by atoms with Crippen LogP contribution in [0.25, 0.3) is 11.0 Å². The summed E-state index contributed by atoms with van der Waals surface area (Å²) in [5, 5.41) is 4.86. The minimum absolute atomic E-state index is 0.0643. The first kappa shape index (κ1) is 21.6. The van der Waals surface area contributed by atoms with Crippen molar-refractivity contribution in [2.45, 2.75) is 55.2 Å². The molecule has 7 nitrogen and oxygen atoms in total. The molecule has 0 atom stereocenters. The Morgan fingerprint density at radius 3 is 2.47 bits per heavy atom. The first-order chi connectivity index (χ1) is 15.5. The van der Waals surface area contributed by atoms with E-state index in [0.29, 0.717) is 42.1 Å². The fourth-order valence-electron chi connectivity index (χ4n) is 4.95. The maximum absolute atomic E-state index is 13.1. The number of anilines is 1. The molecule has 0 bridgehead atoms. The van der Waals surface area contributed by atoms with Gasteiger partial charge in [0.15, 0.2) is 0 Å². The Morgan fingerprint density at radius 1 is 1.00 bits per heavy atom. The van der Waals surface area contributed by atoms with Gasteiger partial charge in [-0.2, -0.15) is 4.31 Å². The standard InChI is InChI=1S/C23H28N4O3S2/c28-22(17-12-14-26(15-13-17)32(29,30)21-11-6-16-31-21)25-23-24-19-9-4-5-10-20(19)27(23)18-7-2-1-3-8-18/h4-6,9-11,16-18H,1-3,7-8,12-15H2,(H,24,25,28). The van der Waals surface area contributed by atoms with Crippen LogP contribution < -0.4 is 5.32 Å². The van der Waals surface area contributed by atoms with Gasteiger partial charge in [0, 0.05) is 25.0 Å². The molecule has 5 rings (SSSR count). The van der Waals surface area contributed by atoms with Crippen LogP contribution in [0.1, 0.15) is 51.0 Å². The second-order valence-corrected chi connectivity index (χ2v) is 11.8. The maximum Gasteiger partial charge on any atom is 0.252 e. The van der Waals surface area contributed by atoms with Crippen LogP contribution in [-0.4, -0.2) is 41.3 Å². The van der Waals surface area contributed by atoms with Crippen LogP contribution >= 0.6 is 11.3 Å². The Hall–Kier alpha value is -2.23. The van der Waals surface area contributed by atoms with E-state index in [4.69, 9.17) is 4.98 Å². The number of fused-ring (bicyclic) bond motifs is 1. The number of aromatic nitrogens is 2. The topological polar surface area (TPSA) is 84.3 Å². The van der Waals surface area contributed by atoms with Crippen LogP contribution in [0.2, 0.25) is 0 Å². The number of rotatable bonds is 5. The number of imidazole rings is 1. The van der Waals surface area contributed by atoms with Crippen LogP contribution in [0.4, 0.5) is 5.95 Å². The van der Waals surface area contributed by atoms with Gasteiger partial charge in [-0.1, -0.05) is 37.5 Å². The molecule has 3 aromatic rings. The van der Waals surface area contributed by atoms with Crippen molar-refractivity contribution in [2.75, 3.05) is 18.4 Å². The number of sulfonamides is 1. The molecule has 3 heterocycles. The van der Waals surface area contributed by atoms with E-state index in [0.717, 1.165) is 23.9 Å². The average Bonchev–Trinajstić information content (AvgIpc) is 3.48. The number of benzene rings is 1. The number of hydrogen-bond acceptors (Lipinski definition) is 5. The van der Waals surface area contributed by atoms with Crippen LogP contribution in [-0.2, 0) is 14.8 Å². The molecule has 170 valence electrons. The molecule has 32 heavy (non-hydrogen) atoms. The van der Waals surface area contributed by atoms with Gasteiger partial charge in [0.2, 0.25) is 11.9 Å². The highest BCUT2D eigenvalue weighted by Crippen LogP contribution is 2.35. The number of carbonyl (C=O) groups excluding carboxylic acids is 1. The van der Waals surface area contributed by atoms with Crippen molar-refractivity contribution in [3.05, 3.63) is 41.8 Å². The number of amides is 1. The molecule has 0 radical (unpaired) electrons. The minimum Gasteiger partial charge on any atom is -0.307 e. The van der Waals surface area contributed by atoms with Crippen molar-refractivity contribution in [3.8, 4) is 0 Å². The van der Waals surface area contributed by atoms with Crippen LogP contribution in [0.15, 0.2) is 46.0 Å². The number of nitrogens with zero attached hydrogens (tertiary/aromatic N) is 3. The number of piperidine rings is 1. The van der Waals surface area contributed by atoms with Crippen molar-refractivity contribution < 1.29 is 13.2 Å². The van der Waals surface area contributed by atoms with Crippen LogP contribution in [0, 0.1) is 5.92 Å². The number of carbonyl (C=O) groups is 1. The van der Waals surface area contributed by atoms with Gasteiger partial charge >= 0.3 is 0 Å². The third-order valence-electron chi connectivity index (χ3n) is 6.68. The smallest absolute Gasteiger partial charge is 0.252 e. The summed E-state index contributed by atoms with van der Waals surface area (Å²) < 4.78 is 29.6. The fraction of sp³-hybridized carbons (Fsp3) is 0.478. The summed E-state index contributed by atoms with van der Waals surface area (Å²) in [6.07, 6.45) is 6.88. The fourth-order valence-corrected chi connectivity index (χ4v) is 7.56. The van der Waals surface area contributed by atoms with E-state index in [-0.39, 0.29) is 11.8 Å². The number of nitrogens with one attached hydrogen (secondary N) is 1. The monoisotopic (exact) mass is 472 g/mol. The van der Waals surface area contributed by atoms with E-state index in [1.165, 1.54) is 34.9 Å². The Morgan fingerprint density at radius 2 is 1.75 bits per heavy atom. The normalized spacial score (nSPS) is 19.4. The molecule has 2 aliphatic rings. The molecule has 1 saturated heterocycles. The maximum atomic E-state index is 13.1. The molecule has 1 aliphatic carbocycles. The number of thiophene rings is 1. The van der Waals surface area contributed by atoms with Crippen molar-refractivity contribution in [2.24, 2.45) is 5.92 Å². The predicted octanol–water partition coefficient (Wildman–Crippen LogP) is 4.64. The number of para-hydroxylation sites is 2. The van der Waals surface area contributed by atoms with Crippen LogP contribution in [0.5, 0.6) is 0 Å². The molecular weight excluding hydrogens is 444 g/mol. The van der Waals surface area contributed by atoms with E-state index in [2.05, 4.69) is 16.0 Å². The largest absolute Gasteiger partial charge is 0.307 e. The molecule has 1 saturated carbocycles. The lowest BCUT2D eigenvalue weighted by Crippen LogP contribution is -2.41. The summed E-state index contributed by atoms with van der Waals surface area (Å²) in [7, 11) is -3.46. The van der Waals surface area contributed by atoms with Gasteiger partial charge in [-0.3, -0.25) is 10.1 Å². The van der Waals surface area contributed by atoms with Crippen molar-refractivity contribution >= 4 is 44.2 Å². The second kappa shape index (κ2) is 8.96. The van der Waals surface area contributed by atoms with Gasteiger partial charge in [0.05, 0.1) is 11.0 Å². The summed E-state index contributed by atoms with van der Waals surface area (Å²) >= 11 is 1.23. The Kier molecular flexibility index (Phi) is 6.05. The number of hydrogen-bond donors (Lipinski definition) is 1. The zero-order chi connectivity index (χ0) is 22.1. The zero-order valence-electron chi connectivity index (χ0n) is 17.9. The van der Waals surface area contributed by atoms with Gasteiger partial charge in [-0.15, -0.1) is 11.3 Å². The van der Waals surface area contributed by atoms with Crippen molar-refractivity contribution in [3.63, 3.8) is 0 Å². The summed E-state index contributed by atoms with van der Waals surface area (Å²) in [6.45, 7) is 0.717. The molecule has 9 heteroatoms. The molecule has 0 spiro atoms. The van der Waals surface area contributed by atoms with E-state index < -0.39 is 10.0 Å². The highest BCUT2D eigenvalue weighted by atomic mass is 32.2. The van der Waals surface area contributed by atoms with E-state index in [9.17, 15) is 13.2 Å². The molecule has 1 aromatic carbocycles. The second-order valence-electron chi connectivity index (χ2n) is 8.69. The lowest BCUT2D eigenvalue weighted by molar-refractivity contribution is -0.121. The third-order valence-corrected chi connectivity index (χ3v) is 9.96. The SMILES string of the molecule is O=C(Nc1nc2ccccc2n1C1CCCCC1)C1CCN(S(=O)(=O)c2cccs2)CC1. The van der Waals surface area contributed by atoms with Crippen LogP contribution in [0.3, 0.4) is 0 Å². The van der Waals surface area contributed by atoms with Gasteiger partial charge in [0.1, 0.15) is 4.21 Å². The first-order valence-corrected chi connectivity index (χ1v) is 13.7. The highest BCUT2D eigenvalue weighted by Gasteiger charge is 2.33. The minimum atomic E-state index is -3.46. The highest BCUT2D eigenvalue weighted by molar-refractivity contribution is 7.91. The Labute approximate surface area is 192 Å². The molecular formula is C23H28N4O3S2. The summed E-state index contributed by atoms with van der Waals surface area (Å²) in [5.74, 6) is 0.340. The Balaban J connectivity index is 1.31. The average molecular weight is 473 g/mol. The van der Waals surface area contributed by atoms with Crippen molar-refractivity contribution in [1.29, 1.82) is 0 Å². The quantitative estimate of drug-likeness (QED) is 0.586. The molecule has 1 aliphatic heterocycles. The van der Waals surface area contributed by atoms with Gasteiger partial charge in [-0.05, 0) is 49.3 Å². The van der Waals surface area contributed by atoms with Crippen molar-refractivity contribution in [1.82, 2.24) is 13.9 Å². The zero-order valence-corrected chi connectivity index (χ0v) is 19.6. The lowest BCUT2D eigenvalue weighted by atomic mass is 9.95. The summed E-state index contributed by atoms with van der Waals surface area (Å²) in [4.78, 5) is 17.9. The third kappa shape index (κ3) is 4.09. The van der Waals surface area contributed by atoms with Gasteiger partial charge in [-0.25, -0.2) is 13.4 Å². The first-order valence-electron chi connectivity index (χ1n) is 11.4. The molecule has 2 aromatic heterocycles. The predicted molar refractivity (Wildman–Crippen MR) is 126 cm³/mol.